The molecule has 0 atom stereocenters. The van der Waals surface area contributed by atoms with Crippen molar-refractivity contribution in [1.29, 1.82) is 0 Å². The number of rotatable bonds is 36. The molecule has 1 aliphatic rings. The molecule has 2 aromatic rings. The van der Waals surface area contributed by atoms with E-state index >= 15 is 0 Å². The lowest BCUT2D eigenvalue weighted by Crippen LogP contribution is -2.49. The van der Waals surface area contributed by atoms with Crippen molar-refractivity contribution in [2.75, 3.05) is 89.2 Å². The third-order valence-electron chi connectivity index (χ3n) is 13.5. The molecule has 0 saturated carbocycles. The Bertz CT molecular complexity index is 1490. The molecular formula is C56H94N6O6. The van der Waals surface area contributed by atoms with E-state index in [-0.39, 0.29) is 38.0 Å². The van der Waals surface area contributed by atoms with Crippen molar-refractivity contribution in [2.45, 2.75) is 181 Å². The predicted molar refractivity (Wildman–Crippen MR) is 281 cm³/mol. The minimum atomic E-state index is -0.942. The molecule has 1 saturated heterocycles. The van der Waals surface area contributed by atoms with Crippen LogP contribution < -0.4 is 10.6 Å². The predicted octanol–water partition coefficient (Wildman–Crippen LogP) is 11.1. The molecule has 1 heterocycles. The van der Waals surface area contributed by atoms with E-state index in [4.69, 9.17) is 0 Å². The number of unbranched alkanes of at least 4 members (excludes halogenated alkanes) is 22. The molecule has 2 aromatic carbocycles. The van der Waals surface area contributed by atoms with Crippen LogP contribution in [0, 0.1) is 0 Å². The molecule has 1 aliphatic heterocycles. The molecule has 1 fully saturated rings. The lowest BCUT2D eigenvalue weighted by molar-refractivity contribution is -0.139. The summed E-state index contributed by atoms with van der Waals surface area (Å²) in [7, 11) is 0. The second-order valence-electron chi connectivity index (χ2n) is 19.7. The minimum absolute atomic E-state index is 0.0924. The van der Waals surface area contributed by atoms with E-state index in [1.165, 1.54) is 152 Å². The molecule has 0 radical (unpaired) electrons. The van der Waals surface area contributed by atoms with E-state index in [1.807, 2.05) is 43.9 Å². The Balaban J connectivity index is 1.42. The number of carboxylic acids is 2. The maximum Gasteiger partial charge on any atom is 0.317 e. The average Bonchev–Trinajstić information content (AvgIpc) is 3.31. The Labute approximate surface area is 412 Å². The van der Waals surface area contributed by atoms with Crippen LogP contribution in [-0.2, 0) is 32.0 Å². The van der Waals surface area contributed by atoms with Crippen molar-refractivity contribution in [1.82, 2.24) is 19.6 Å². The Morgan fingerprint density at radius 2 is 0.603 bits per heavy atom. The standard InChI is InChI=1S/C56H94N6O6/c1-3-5-7-9-11-13-15-17-19-21-23-25-27-49-29-33-51(34-30-49)57-53(63)45-59-37-41-61(47-55(65)66)43-39-60(40-44-62(42-38-59)48-56(67)68)46-54(64)58-52-35-31-50(32-36-52)28-26-24-22-20-18-16-14-12-10-8-6-4-2/h29-36H,3-28,37-48H2,1-2H3,(H,57,63)(H,58,64)(H,65,66)(H,67,68). The number of nitrogens with one attached hydrogen (secondary N) is 2. The van der Waals surface area contributed by atoms with Gasteiger partial charge in [-0.25, -0.2) is 0 Å². The van der Waals surface area contributed by atoms with Crippen LogP contribution in [0.1, 0.15) is 179 Å². The van der Waals surface area contributed by atoms with Gasteiger partial charge in [0, 0.05) is 63.7 Å². The summed E-state index contributed by atoms with van der Waals surface area (Å²) in [6.45, 7) is 7.69. The van der Waals surface area contributed by atoms with Crippen molar-refractivity contribution in [3.05, 3.63) is 59.7 Å². The average molecular weight is 947 g/mol. The highest BCUT2D eigenvalue weighted by atomic mass is 16.4. The van der Waals surface area contributed by atoms with Gasteiger partial charge in [-0.15, -0.1) is 0 Å². The second-order valence-corrected chi connectivity index (χ2v) is 19.7. The molecule has 12 nitrogen and oxygen atoms in total. The summed E-state index contributed by atoms with van der Waals surface area (Å²) < 4.78 is 0. The number of hydrogen-bond acceptors (Lipinski definition) is 8. The van der Waals surface area contributed by atoms with Gasteiger partial charge in [-0.05, 0) is 61.1 Å². The highest BCUT2D eigenvalue weighted by molar-refractivity contribution is 5.92. The van der Waals surface area contributed by atoms with Gasteiger partial charge in [0.1, 0.15) is 0 Å². The van der Waals surface area contributed by atoms with Crippen LogP contribution in [0.5, 0.6) is 0 Å². The van der Waals surface area contributed by atoms with Crippen LogP contribution in [0.15, 0.2) is 48.5 Å². The first-order chi connectivity index (χ1) is 33.1. The van der Waals surface area contributed by atoms with E-state index in [0.29, 0.717) is 52.4 Å². The van der Waals surface area contributed by atoms with E-state index in [2.05, 4.69) is 48.7 Å². The largest absolute Gasteiger partial charge is 0.480 e. The van der Waals surface area contributed by atoms with E-state index in [0.717, 1.165) is 37.1 Å². The van der Waals surface area contributed by atoms with Gasteiger partial charge in [-0.3, -0.25) is 38.8 Å². The molecule has 0 aromatic heterocycles. The number of nitrogens with zero attached hydrogens (tertiary/aromatic N) is 4. The molecule has 12 heteroatoms. The quantitative estimate of drug-likeness (QED) is 0.0487. The normalized spacial score (nSPS) is 14.9. The minimum Gasteiger partial charge on any atom is -0.480 e. The van der Waals surface area contributed by atoms with Gasteiger partial charge in [0.25, 0.3) is 0 Å². The second kappa shape index (κ2) is 38.0. The monoisotopic (exact) mass is 947 g/mol. The van der Waals surface area contributed by atoms with E-state index < -0.39 is 11.9 Å². The van der Waals surface area contributed by atoms with E-state index in [9.17, 15) is 29.4 Å². The van der Waals surface area contributed by atoms with Crippen LogP contribution in [0.4, 0.5) is 11.4 Å². The maximum absolute atomic E-state index is 13.4. The number of carbonyl (C=O) groups is 4. The van der Waals surface area contributed by atoms with Crippen LogP contribution >= 0.6 is 0 Å². The summed E-state index contributed by atoms with van der Waals surface area (Å²) in [4.78, 5) is 58.2. The number of amides is 2. The fourth-order valence-electron chi connectivity index (χ4n) is 9.25. The summed E-state index contributed by atoms with van der Waals surface area (Å²) in [6.07, 6.45) is 33.9. The van der Waals surface area contributed by atoms with Crippen molar-refractivity contribution in [3.8, 4) is 0 Å². The van der Waals surface area contributed by atoms with Crippen LogP contribution in [0.3, 0.4) is 0 Å². The molecule has 384 valence electrons. The highest BCUT2D eigenvalue weighted by Crippen LogP contribution is 2.18. The molecule has 68 heavy (non-hydrogen) atoms. The lowest BCUT2D eigenvalue weighted by Gasteiger charge is -2.33. The van der Waals surface area contributed by atoms with Crippen LogP contribution in [0.25, 0.3) is 0 Å². The Kier molecular flexibility index (Phi) is 32.7. The van der Waals surface area contributed by atoms with Gasteiger partial charge in [0.05, 0.1) is 26.2 Å². The summed E-state index contributed by atoms with van der Waals surface area (Å²) in [5.41, 5.74) is 3.99. The van der Waals surface area contributed by atoms with Gasteiger partial charge in [0.2, 0.25) is 11.8 Å². The maximum atomic E-state index is 13.4. The fourth-order valence-corrected chi connectivity index (χ4v) is 9.25. The van der Waals surface area contributed by atoms with Gasteiger partial charge in [0.15, 0.2) is 0 Å². The zero-order valence-electron chi connectivity index (χ0n) is 42.8. The Morgan fingerprint density at radius 1 is 0.368 bits per heavy atom. The molecule has 0 aliphatic carbocycles. The number of anilines is 2. The number of hydrogen-bond donors (Lipinski definition) is 4. The van der Waals surface area contributed by atoms with Crippen LogP contribution in [-0.4, -0.2) is 132 Å². The SMILES string of the molecule is CCCCCCCCCCCCCCc1ccc(NC(=O)CN2CCN(CC(=O)O)CCN(CC(=O)Nc3ccc(CCCCCCCCCCCCCC)cc3)CCN(CC(=O)O)CC2)cc1. The van der Waals surface area contributed by atoms with Crippen LogP contribution in [0.2, 0.25) is 0 Å². The zero-order chi connectivity index (χ0) is 48.9. The molecule has 4 N–H and O–H groups in total. The topological polar surface area (TPSA) is 146 Å². The highest BCUT2D eigenvalue weighted by Gasteiger charge is 2.22. The number of aryl methyl sites for hydroxylation is 2. The molecule has 0 unspecified atom stereocenters. The number of carbonyl (C=O) groups excluding carboxylic acids is 2. The molecule has 0 spiro atoms. The smallest absolute Gasteiger partial charge is 0.317 e. The Morgan fingerprint density at radius 3 is 0.853 bits per heavy atom. The molecule has 3 rings (SSSR count). The van der Waals surface area contributed by atoms with Crippen molar-refractivity contribution in [2.24, 2.45) is 0 Å². The summed E-state index contributed by atoms with van der Waals surface area (Å²) >= 11 is 0. The summed E-state index contributed by atoms with van der Waals surface area (Å²) in [5.74, 6) is -2.23. The third-order valence-corrected chi connectivity index (χ3v) is 13.5. The van der Waals surface area contributed by atoms with Gasteiger partial charge in [-0.1, -0.05) is 179 Å². The first-order valence-corrected chi connectivity index (χ1v) is 27.2. The van der Waals surface area contributed by atoms with Crippen molar-refractivity contribution in [3.63, 3.8) is 0 Å². The first-order valence-electron chi connectivity index (χ1n) is 27.2. The molecule has 0 bridgehead atoms. The van der Waals surface area contributed by atoms with Gasteiger partial charge in [-0.2, -0.15) is 0 Å². The van der Waals surface area contributed by atoms with Crippen molar-refractivity contribution >= 4 is 35.1 Å². The van der Waals surface area contributed by atoms with Gasteiger partial charge < -0.3 is 20.8 Å². The summed E-state index contributed by atoms with van der Waals surface area (Å²) in [5, 5.41) is 25.6. The number of carboxylic acid groups (broad SMARTS) is 2. The molecular weight excluding hydrogens is 853 g/mol. The summed E-state index contributed by atoms with van der Waals surface area (Å²) in [6, 6.07) is 16.2. The van der Waals surface area contributed by atoms with Gasteiger partial charge >= 0.3 is 11.9 Å². The fraction of sp³-hybridized carbons (Fsp3) is 0.714. The number of benzene rings is 2. The van der Waals surface area contributed by atoms with Crippen molar-refractivity contribution < 1.29 is 29.4 Å². The van der Waals surface area contributed by atoms with E-state index in [1.54, 1.807) is 0 Å². The molecule has 2 amide bonds. The third kappa shape index (κ3) is 29.9. The zero-order valence-corrected chi connectivity index (χ0v) is 42.8. The Hall–Kier alpha value is -3.84. The lowest BCUT2D eigenvalue weighted by atomic mass is 10.0. The number of aliphatic carboxylic acids is 2. The first kappa shape index (κ1) is 58.5.